The monoisotopic (exact) mass is 351 g/mol. The highest BCUT2D eigenvalue weighted by Crippen LogP contribution is 2.10. The SMILES string of the molecule is CCCCC/C=C\C/C=C\CCCCCCCCCC(=O)NCCO. The Morgan fingerprint density at radius 3 is 1.96 bits per heavy atom. The summed E-state index contributed by atoms with van der Waals surface area (Å²) in [6, 6.07) is 0. The fourth-order valence-corrected chi connectivity index (χ4v) is 2.73. The van der Waals surface area contributed by atoms with Crippen LogP contribution in [0.25, 0.3) is 0 Å². The van der Waals surface area contributed by atoms with Gasteiger partial charge in [-0.25, -0.2) is 0 Å². The quantitative estimate of drug-likeness (QED) is 0.246. The van der Waals surface area contributed by atoms with Gasteiger partial charge in [-0.3, -0.25) is 4.79 Å². The molecule has 0 unspecified atom stereocenters. The molecule has 0 aliphatic heterocycles. The molecule has 0 bridgehead atoms. The Balaban J connectivity index is 3.20. The molecule has 0 heterocycles. The first-order valence-corrected chi connectivity index (χ1v) is 10.5. The first kappa shape index (κ1) is 23.9. The third kappa shape index (κ3) is 20.9. The van der Waals surface area contributed by atoms with Crippen LogP contribution in [-0.4, -0.2) is 24.2 Å². The fraction of sp³-hybridized carbons (Fsp3) is 0.773. The maximum atomic E-state index is 11.3. The second-order valence-electron chi connectivity index (χ2n) is 6.76. The van der Waals surface area contributed by atoms with E-state index in [2.05, 4.69) is 36.5 Å². The van der Waals surface area contributed by atoms with Crippen molar-refractivity contribution in [2.45, 2.75) is 96.8 Å². The van der Waals surface area contributed by atoms with Crippen LogP contribution in [0.1, 0.15) is 96.8 Å². The molecule has 0 saturated heterocycles. The van der Waals surface area contributed by atoms with Crippen LogP contribution in [0.2, 0.25) is 0 Å². The largest absolute Gasteiger partial charge is 0.395 e. The molecule has 0 aliphatic carbocycles. The van der Waals surface area contributed by atoms with Gasteiger partial charge in [0.05, 0.1) is 6.61 Å². The maximum absolute atomic E-state index is 11.3. The van der Waals surface area contributed by atoms with Crippen LogP contribution in [0, 0.1) is 0 Å². The Morgan fingerprint density at radius 2 is 1.36 bits per heavy atom. The van der Waals surface area contributed by atoms with Gasteiger partial charge < -0.3 is 10.4 Å². The maximum Gasteiger partial charge on any atom is 0.220 e. The summed E-state index contributed by atoms with van der Waals surface area (Å²) in [4.78, 5) is 11.3. The summed E-state index contributed by atoms with van der Waals surface area (Å²) in [5.74, 6) is 0.0663. The Hall–Kier alpha value is -1.09. The van der Waals surface area contributed by atoms with Crippen LogP contribution < -0.4 is 5.32 Å². The molecule has 0 fully saturated rings. The van der Waals surface area contributed by atoms with Crippen molar-refractivity contribution in [3.05, 3.63) is 24.3 Å². The number of unbranched alkanes of at least 4 members (excludes halogenated alkanes) is 10. The van der Waals surface area contributed by atoms with Crippen LogP contribution in [0.5, 0.6) is 0 Å². The van der Waals surface area contributed by atoms with Crippen LogP contribution in [0.15, 0.2) is 24.3 Å². The van der Waals surface area contributed by atoms with E-state index >= 15 is 0 Å². The Bertz CT molecular complexity index is 337. The summed E-state index contributed by atoms with van der Waals surface area (Å²) in [7, 11) is 0. The Morgan fingerprint density at radius 1 is 0.800 bits per heavy atom. The molecule has 146 valence electrons. The van der Waals surface area contributed by atoms with Crippen molar-refractivity contribution >= 4 is 5.91 Å². The molecule has 0 aromatic heterocycles. The van der Waals surface area contributed by atoms with E-state index in [1.54, 1.807) is 0 Å². The van der Waals surface area contributed by atoms with Crippen LogP contribution >= 0.6 is 0 Å². The first-order valence-electron chi connectivity index (χ1n) is 10.5. The molecule has 0 spiro atoms. The third-order valence-electron chi connectivity index (χ3n) is 4.29. The van der Waals surface area contributed by atoms with Crippen molar-refractivity contribution in [2.24, 2.45) is 0 Å². The summed E-state index contributed by atoms with van der Waals surface area (Å²) in [5.41, 5.74) is 0. The van der Waals surface area contributed by atoms with Gasteiger partial charge in [0, 0.05) is 13.0 Å². The number of rotatable bonds is 18. The van der Waals surface area contributed by atoms with E-state index in [0.29, 0.717) is 13.0 Å². The smallest absolute Gasteiger partial charge is 0.220 e. The molecule has 2 N–H and O–H groups in total. The van der Waals surface area contributed by atoms with Gasteiger partial charge in [0.25, 0.3) is 0 Å². The Kier molecular flexibility index (Phi) is 20.0. The van der Waals surface area contributed by atoms with Crippen molar-refractivity contribution in [2.75, 3.05) is 13.2 Å². The van der Waals surface area contributed by atoms with Crippen molar-refractivity contribution in [1.29, 1.82) is 0 Å². The molecule has 0 aromatic carbocycles. The first-order chi connectivity index (χ1) is 12.3. The van der Waals surface area contributed by atoms with Gasteiger partial charge in [0.15, 0.2) is 0 Å². The molecule has 0 saturated carbocycles. The molecule has 0 rings (SSSR count). The van der Waals surface area contributed by atoms with E-state index in [1.165, 1.54) is 64.2 Å². The normalized spacial score (nSPS) is 11.6. The highest BCUT2D eigenvalue weighted by atomic mass is 16.3. The lowest BCUT2D eigenvalue weighted by Gasteiger charge is -2.03. The standard InChI is InChI=1S/C22H41NO2/c1-2-3-4-5-6-7-8-9-10-11-12-13-14-15-16-17-18-19-22(25)23-20-21-24/h6-7,9-10,24H,2-5,8,11-21H2,1H3,(H,23,25)/b7-6-,10-9-. The highest BCUT2D eigenvalue weighted by molar-refractivity contribution is 5.75. The number of nitrogens with one attached hydrogen (secondary N) is 1. The summed E-state index contributed by atoms with van der Waals surface area (Å²) in [6.07, 6.45) is 25.8. The molecular weight excluding hydrogens is 310 g/mol. The zero-order valence-corrected chi connectivity index (χ0v) is 16.5. The lowest BCUT2D eigenvalue weighted by molar-refractivity contribution is -0.121. The van der Waals surface area contributed by atoms with Crippen LogP contribution in [0.3, 0.4) is 0 Å². The van der Waals surface area contributed by atoms with E-state index in [4.69, 9.17) is 5.11 Å². The average molecular weight is 352 g/mol. The molecule has 0 aromatic rings. The van der Waals surface area contributed by atoms with Crippen molar-refractivity contribution < 1.29 is 9.90 Å². The van der Waals surface area contributed by atoms with Gasteiger partial charge >= 0.3 is 0 Å². The van der Waals surface area contributed by atoms with Gasteiger partial charge in [-0.15, -0.1) is 0 Å². The summed E-state index contributed by atoms with van der Waals surface area (Å²) in [5, 5.41) is 11.3. The topological polar surface area (TPSA) is 49.3 Å². The minimum atomic E-state index is 0.0245. The molecule has 3 heteroatoms. The summed E-state index contributed by atoms with van der Waals surface area (Å²) < 4.78 is 0. The zero-order valence-electron chi connectivity index (χ0n) is 16.5. The lowest BCUT2D eigenvalue weighted by atomic mass is 10.1. The molecular formula is C22H41NO2. The van der Waals surface area contributed by atoms with E-state index in [0.717, 1.165) is 19.3 Å². The molecule has 3 nitrogen and oxygen atoms in total. The number of amides is 1. The van der Waals surface area contributed by atoms with Gasteiger partial charge in [0.1, 0.15) is 0 Å². The summed E-state index contributed by atoms with van der Waals surface area (Å²) in [6.45, 7) is 2.65. The van der Waals surface area contributed by atoms with Gasteiger partial charge in [-0.1, -0.05) is 76.2 Å². The van der Waals surface area contributed by atoms with E-state index in [9.17, 15) is 4.79 Å². The van der Waals surface area contributed by atoms with Crippen LogP contribution in [0.4, 0.5) is 0 Å². The van der Waals surface area contributed by atoms with Crippen molar-refractivity contribution in [3.63, 3.8) is 0 Å². The number of allylic oxidation sites excluding steroid dienone is 4. The number of aliphatic hydroxyl groups is 1. The fourth-order valence-electron chi connectivity index (χ4n) is 2.73. The second-order valence-corrected chi connectivity index (χ2v) is 6.76. The molecule has 0 atom stereocenters. The minimum Gasteiger partial charge on any atom is -0.395 e. The predicted octanol–water partition coefficient (Wildman–Crippen LogP) is 5.69. The van der Waals surface area contributed by atoms with E-state index in [1.807, 2.05) is 0 Å². The van der Waals surface area contributed by atoms with Crippen molar-refractivity contribution in [1.82, 2.24) is 5.32 Å². The highest BCUT2D eigenvalue weighted by Gasteiger charge is 1.99. The van der Waals surface area contributed by atoms with Crippen molar-refractivity contribution in [3.8, 4) is 0 Å². The van der Waals surface area contributed by atoms with E-state index < -0.39 is 0 Å². The van der Waals surface area contributed by atoms with Crippen LogP contribution in [-0.2, 0) is 4.79 Å². The number of hydrogen-bond donors (Lipinski definition) is 2. The molecule has 25 heavy (non-hydrogen) atoms. The second kappa shape index (κ2) is 21.0. The molecule has 1 amide bonds. The molecule has 0 aliphatic rings. The Labute approximate surface area is 156 Å². The summed E-state index contributed by atoms with van der Waals surface area (Å²) >= 11 is 0. The minimum absolute atomic E-state index is 0.0245. The lowest BCUT2D eigenvalue weighted by Crippen LogP contribution is -2.25. The van der Waals surface area contributed by atoms with E-state index in [-0.39, 0.29) is 12.5 Å². The number of carbonyl (C=O) groups excluding carboxylic acids is 1. The number of aliphatic hydroxyl groups excluding tert-OH is 1. The third-order valence-corrected chi connectivity index (χ3v) is 4.29. The molecule has 0 radical (unpaired) electrons. The number of hydrogen-bond acceptors (Lipinski definition) is 2. The van der Waals surface area contributed by atoms with Gasteiger partial charge in [0.2, 0.25) is 5.91 Å². The predicted molar refractivity (Wildman–Crippen MR) is 109 cm³/mol. The van der Waals surface area contributed by atoms with Gasteiger partial charge in [-0.05, 0) is 38.5 Å². The zero-order chi connectivity index (χ0) is 18.4. The average Bonchev–Trinajstić information content (AvgIpc) is 2.62. The number of carbonyl (C=O) groups is 1. The van der Waals surface area contributed by atoms with Gasteiger partial charge in [-0.2, -0.15) is 0 Å².